The number of rotatable bonds is 5. The van der Waals surface area contributed by atoms with E-state index in [4.69, 9.17) is 5.73 Å². The lowest BCUT2D eigenvalue weighted by Gasteiger charge is -2.35. The highest BCUT2D eigenvalue weighted by atomic mass is 15.3. The van der Waals surface area contributed by atoms with Gasteiger partial charge >= 0.3 is 0 Å². The van der Waals surface area contributed by atoms with Crippen LogP contribution in [-0.4, -0.2) is 30.7 Å². The molecule has 0 aliphatic carbocycles. The largest absolute Gasteiger partial charge is 0.331 e. The van der Waals surface area contributed by atoms with Crippen LogP contribution in [0.1, 0.15) is 33.3 Å². The molecule has 0 saturated heterocycles. The van der Waals surface area contributed by atoms with Gasteiger partial charge in [-0.3, -0.25) is 0 Å². The van der Waals surface area contributed by atoms with Crippen LogP contribution in [0.15, 0.2) is 30.3 Å². The second-order valence-corrected chi connectivity index (χ2v) is 4.34. The van der Waals surface area contributed by atoms with Crippen LogP contribution in [0.5, 0.6) is 0 Å². The summed E-state index contributed by atoms with van der Waals surface area (Å²) >= 11 is 0. The molecular formula is C15H29N2+. The third kappa shape index (κ3) is 5.85. The Labute approximate surface area is 107 Å². The number of nitrogens with two attached hydrogens (primary N) is 1. The first kappa shape index (κ1) is 16.1. The summed E-state index contributed by atoms with van der Waals surface area (Å²) in [5.74, 6) is 0. The fourth-order valence-electron chi connectivity index (χ4n) is 1.98. The molecule has 98 valence electrons. The highest BCUT2D eigenvalue weighted by Gasteiger charge is 2.20. The molecule has 1 aromatic carbocycles. The first-order valence-electron chi connectivity index (χ1n) is 6.77. The van der Waals surface area contributed by atoms with Gasteiger partial charge in [0, 0.05) is 5.56 Å². The Balaban J connectivity index is 0.000000770. The first-order chi connectivity index (χ1) is 8.17. The zero-order valence-electron chi connectivity index (χ0n) is 11.9. The average molecular weight is 237 g/mol. The summed E-state index contributed by atoms with van der Waals surface area (Å²) in [6.07, 6.45) is 0. The topological polar surface area (TPSA) is 26.0 Å². The van der Waals surface area contributed by atoms with Crippen molar-refractivity contribution in [1.29, 1.82) is 0 Å². The van der Waals surface area contributed by atoms with Crippen LogP contribution in [-0.2, 0) is 6.54 Å². The van der Waals surface area contributed by atoms with E-state index in [0.717, 1.165) is 6.54 Å². The van der Waals surface area contributed by atoms with E-state index in [0.29, 0.717) is 0 Å². The third-order valence-corrected chi connectivity index (χ3v) is 3.37. The van der Waals surface area contributed by atoms with Crippen LogP contribution < -0.4 is 5.73 Å². The summed E-state index contributed by atoms with van der Waals surface area (Å²) in [7, 11) is 0. The molecule has 2 N–H and O–H groups in total. The number of nitrogens with zero attached hydrogens (tertiary/aromatic N) is 1. The van der Waals surface area contributed by atoms with Crippen LogP contribution >= 0.6 is 0 Å². The van der Waals surface area contributed by atoms with Crippen molar-refractivity contribution in [2.45, 2.75) is 34.2 Å². The zero-order chi connectivity index (χ0) is 13.1. The Morgan fingerprint density at radius 3 is 1.65 bits per heavy atom. The minimum atomic E-state index is 0.750. The van der Waals surface area contributed by atoms with Gasteiger partial charge in [-0.25, -0.2) is 0 Å². The Morgan fingerprint density at radius 2 is 1.29 bits per heavy atom. The van der Waals surface area contributed by atoms with Crippen molar-refractivity contribution in [3.05, 3.63) is 35.9 Å². The second kappa shape index (κ2) is 9.20. The van der Waals surface area contributed by atoms with Gasteiger partial charge in [0.25, 0.3) is 0 Å². The predicted octanol–water partition coefficient (Wildman–Crippen LogP) is 3.03. The molecule has 0 fully saturated rings. The van der Waals surface area contributed by atoms with E-state index in [1.165, 1.54) is 36.2 Å². The van der Waals surface area contributed by atoms with Crippen LogP contribution in [0.3, 0.4) is 0 Å². The van der Waals surface area contributed by atoms with Gasteiger partial charge in [0.1, 0.15) is 6.54 Å². The van der Waals surface area contributed by atoms with E-state index < -0.39 is 0 Å². The van der Waals surface area contributed by atoms with Gasteiger partial charge in [0.05, 0.1) is 19.6 Å². The molecule has 2 nitrogen and oxygen atoms in total. The molecule has 0 aliphatic rings. The van der Waals surface area contributed by atoms with Gasteiger partial charge in [-0.15, -0.1) is 0 Å². The maximum atomic E-state index is 4.85. The molecule has 2 heteroatoms. The lowest BCUT2D eigenvalue weighted by Crippen LogP contribution is -2.46. The first-order valence-corrected chi connectivity index (χ1v) is 6.77. The van der Waals surface area contributed by atoms with Gasteiger partial charge in [-0.05, 0) is 27.3 Å². The van der Waals surface area contributed by atoms with Gasteiger partial charge in [-0.2, -0.15) is 0 Å². The lowest BCUT2D eigenvalue weighted by molar-refractivity contribution is -0.936. The summed E-state index contributed by atoms with van der Waals surface area (Å²) < 4.78 is 1.20. The maximum absolute atomic E-state index is 4.85. The Bertz CT molecular complexity index is 257. The van der Waals surface area contributed by atoms with Gasteiger partial charge in [-0.1, -0.05) is 37.3 Å². The third-order valence-electron chi connectivity index (χ3n) is 3.37. The normalized spacial score (nSPS) is 10.6. The highest BCUT2D eigenvalue weighted by Crippen LogP contribution is 2.13. The molecule has 0 amide bonds. The van der Waals surface area contributed by atoms with Crippen molar-refractivity contribution < 1.29 is 4.48 Å². The predicted molar refractivity (Wildman–Crippen MR) is 76.8 cm³/mol. The summed E-state index contributed by atoms with van der Waals surface area (Å²) in [5, 5.41) is 0. The molecule has 17 heavy (non-hydrogen) atoms. The maximum Gasteiger partial charge on any atom is 0.104 e. The van der Waals surface area contributed by atoms with Gasteiger partial charge < -0.3 is 10.2 Å². The fourth-order valence-corrected chi connectivity index (χ4v) is 1.98. The van der Waals surface area contributed by atoms with Crippen molar-refractivity contribution in [2.24, 2.45) is 5.73 Å². The van der Waals surface area contributed by atoms with Crippen molar-refractivity contribution in [3.63, 3.8) is 0 Å². The minimum Gasteiger partial charge on any atom is -0.331 e. The average Bonchev–Trinajstić information content (AvgIpc) is 2.38. The van der Waals surface area contributed by atoms with Gasteiger partial charge in [0.15, 0.2) is 0 Å². The molecular weight excluding hydrogens is 208 g/mol. The quantitative estimate of drug-likeness (QED) is 0.783. The van der Waals surface area contributed by atoms with E-state index in [9.17, 15) is 0 Å². The van der Waals surface area contributed by atoms with E-state index >= 15 is 0 Å². The lowest BCUT2D eigenvalue weighted by atomic mass is 10.2. The molecule has 0 radical (unpaired) electrons. The van der Waals surface area contributed by atoms with Crippen molar-refractivity contribution in [3.8, 4) is 0 Å². The van der Waals surface area contributed by atoms with Crippen molar-refractivity contribution in [1.82, 2.24) is 0 Å². The number of benzene rings is 1. The molecule has 0 heterocycles. The molecule has 0 spiro atoms. The van der Waals surface area contributed by atoms with E-state index in [1.54, 1.807) is 0 Å². The zero-order valence-corrected chi connectivity index (χ0v) is 11.9. The SMILES string of the molecule is CCN.CC[N+](CC)(CC)Cc1ccccc1. The summed E-state index contributed by atoms with van der Waals surface area (Å²) in [6, 6.07) is 10.8. The molecule has 1 aromatic rings. The van der Waals surface area contributed by atoms with Crippen LogP contribution in [0.25, 0.3) is 0 Å². The summed E-state index contributed by atoms with van der Waals surface area (Å²) in [6.45, 7) is 14.4. The van der Waals surface area contributed by atoms with E-state index in [1.807, 2.05) is 6.92 Å². The molecule has 0 aliphatic heterocycles. The molecule has 1 rings (SSSR count). The van der Waals surface area contributed by atoms with Crippen LogP contribution in [0.4, 0.5) is 0 Å². The molecule has 0 unspecified atom stereocenters. The highest BCUT2D eigenvalue weighted by molar-refractivity contribution is 5.13. The monoisotopic (exact) mass is 237 g/mol. The van der Waals surface area contributed by atoms with Crippen molar-refractivity contribution in [2.75, 3.05) is 26.2 Å². The van der Waals surface area contributed by atoms with Gasteiger partial charge in [0.2, 0.25) is 0 Å². The van der Waals surface area contributed by atoms with E-state index in [-0.39, 0.29) is 0 Å². The molecule has 0 bridgehead atoms. The smallest absolute Gasteiger partial charge is 0.104 e. The van der Waals surface area contributed by atoms with Crippen LogP contribution in [0, 0.1) is 0 Å². The van der Waals surface area contributed by atoms with E-state index in [2.05, 4.69) is 51.1 Å². The second-order valence-electron chi connectivity index (χ2n) is 4.34. The standard InChI is InChI=1S/C13H22N.C2H7N/c1-4-14(5-2,6-3)12-13-10-8-7-9-11-13;1-2-3/h7-11H,4-6,12H2,1-3H3;2-3H2,1H3/q+1;. The minimum absolute atomic E-state index is 0.750. The Kier molecular flexibility index (Phi) is 8.73. The summed E-state index contributed by atoms with van der Waals surface area (Å²) in [4.78, 5) is 0. The number of quaternary nitrogens is 1. The molecule has 0 aromatic heterocycles. The fraction of sp³-hybridized carbons (Fsp3) is 0.600. The number of hydrogen-bond donors (Lipinski definition) is 1. The summed E-state index contributed by atoms with van der Waals surface area (Å²) in [5.41, 5.74) is 6.30. The Hall–Kier alpha value is -0.860. The van der Waals surface area contributed by atoms with Crippen LogP contribution in [0.2, 0.25) is 0 Å². The number of hydrogen-bond acceptors (Lipinski definition) is 1. The Morgan fingerprint density at radius 1 is 0.882 bits per heavy atom. The molecule has 0 atom stereocenters. The van der Waals surface area contributed by atoms with Crippen molar-refractivity contribution >= 4 is 0 Å². The molecule has 0 saturated carbocycles.